The number of carbonyl (C=O) groups excluding carboxylic acids is 2. The van der Waals surface area contributed by atoms with Crippen LogP contribution in [0.4, 0.5) is 0 Å². The molecule has 0 rings (SSSR count). The highest BCUT2D eigenvalue weighted by molar-refractivity contribution is 5.87. The van der Waals surface area contributed by atoms with Crippen molar-refractivity contribution < 1.29 is 19.1 Å². The third kappa shape index (κ3) is 7.17. The highest BCUT2D eigenvalue weighted by atomic mass is 16.5. The second kappa shape index (κ2) is 10.4. The molecule has 0 bridgehead atoms. The lowest BCUT2D eigenvalue weighted by atomic mass is 10.2. The van der Waals surface area contributed by atoms with E-state index in [1.165, 1.54) is 0 Å². The molecule has 0 aromatic heterocycles. The Morgan fingerprint density at radius 3 is 2.75 bits per heavy atom. The van der Waals surface area contributed by atoms with Gasteiger partial charge >= 0.3 is 5.97 Å². The maximum Gasteiger partial charge on any atom is 0.318 e. The summed E-state index contributed by atoms with van der Waals surface area (Å²) in [7, 11) is 0. The first-order valence-electron chi connectivity index (χ1n) is 5.56. The van der Waals surface area contributed by atoms with E-state index in [1.54, 1.807) is 6.08 Å². The Kier molecular flexibility index (Phi) is 9.61. The average Bonchev–Trinajstić information content (AvgIpc) is 2.30. The zero-order valence-electron chi connectivity index (χ0n) is 9.81. The quantitative estimate of drug-likeness (QED) is 0.188. The van der Waals surface area contributed by atoms with Crippen LogP contribution in [0.15, 0.2) is 12.7 Å². The zero-order valence-corrected chi connectivity index (χ0v) is 9.81. The van der Waals surface area contributed by atoms with Crippen molar-refractivity contribution in [2.45, 2.75) is 26.2 Å². The van der Waals surface area contributed by atoms with Crippen molar-refractivity contribution in [3.63, 3.8) is 0 Å². The number of rotatable bonds is 10. The number of carbonyl (C=O) groups is 2. The molecule has 0 aliphatic heterocycles. The molecule has 0 aliphatic carbocycles. The predicted octanol–water partition coefficient (Wildman–Crippen LogP) is 1.74. The molecule has 4 heteroatoms. The Bertz CT molecular complexity index is 213. The average molecular weight is 228 g/mol. The van der Waals surface area contributed by atoms with Crippen molar-refractivity contribution in [3.05, 3.63) is 12.7 Å². The molecule has 4 nitrogen and oxygen atoms in total. The van der Waals surface area contributed by atoms with Crippen LogP contribution in [0, 0.1) is 5.92 Å². The molecule has 16 heavy (non-hydrogen) atoms. The third-order valence-electron chi connectivity index (χ3n) is 1.99. The molecule has 0 saturated heterocycles. The molecule has 0 spiro atoms. The Labute approximate surface area is 96.6 Å². The van der Waals surface area contributed by atoms with Crippen molar-refractivity contribution >= 4 is 12.3 Å². The van der Waals surface area contributed by atoms with Crippen LogP contribution < -0.4 is 0 Å². The second-order valence-electron chi connectivity index (χ2n) is 3.44. The van der Waals surface area contributed by atoms with Gasteiger partial charge in [-0.25, -0.2) is 0 Å². The van der Waals surface area contributed by atoms with Crippen LogP contribution >= 0.6 is 0 Å². The van der Waals surface area contributed by atoms with Crippen LogP contribution in [-0.4, -0.2) is 32.1 Å². The summed E-state index contributed by atoms with van der Waals surface area (Å²) in [6, 6.07) is 0. The van der Waals surface area contributed by atoms with Gasteiger partial charge in [-0.3, -0.25) is 4.79 Å². The molecule has 0 aliphatic rings. The molecular weight excluding hydrogens is 208 g/mol. The molecule has 0 heterocycles. The van der Waals surface area contributed by atoms with Crippen molar-refractivity contribution in [3.8, 4) is 0 Å². The third-order valence-corrected chi connectivity index (χ3v) is 1.99. The van der Waals surface area contributed by atoms with E-state index in [2.05, 4.69) is 13.5 Å². The summed E-state index contributed by atoms with van der Waals surface area (Å²) in [6.07, 6.45) is 5.05. The van der Waals surface area contributed by atoms with E-state index in [4.69, 9.17) is 9.47 Å². The van der Waals surface area contributed by atoms with Crippen LogP contribution in [0.5, 0.6) is 0 Å². The SMILES string of the molecule is C=CCOCC(C=O)C(=O)OCCCCC. The topological polar surface area (TPSA) is 52.6 Å². The van der Waals surface area contributed by atoms with Crippen molar-refractivity contribution in [1.82, 2.24) is 0 Å². The van der Waals surface area contributed by atoms with Gasteiger partial charge in [0, 0.05) is 0 Å². The smallest absolute Gasteiger partial charge is 0.318 e. The van der Waals surface area contributed by atoms with Crippen LogP contribution in [0.2, 0.25) is 0 Å². The first-order valence-corrected chi connectivity index (χ1v) is 5.56. The largest absolute Gasteiger partial charge is 0.465 e. The van der Waals surface area contributed by atoms with Gasteiger partial charge in [-0.1, -0.05) is 25.8 Å². The fourth-order valence-corrected chi connectivity index (χ4v) is 1.07. The summed E-state index contributed by atoms with van der Waals surface area (Å²) < 4.78 is 9.99. The number of aldehydes is 1. The van der Waals surface area contributed by atoms with Gasteiger partial charge in [0.15, 0.2) is 0 Å². The fraction of sp³-hybridized carbons (Fsp3) is 0.667. The lowest BCUT2D eigenvalue weighted by Crippen LogP contribution is -2.24. The maximum atomic E-state index is 11.4. The van der Waals surface area contributed by atoms with Gasteiger partial charge in [0.2, 0.25) is 0 Å². The van der Waals surface area contributed by atoms with Crippen molar-refractivity contribution in [1.29, 1.82) is 0 Å². The van der Waals surface area contributed by atoms with Gasteiger partial charge in [0.1, 0.15) is 12.2 Å². The van der Waals surface area contributed by atoms with Gasteiger partial charge in [0.25, 0.3) is 0 Å². The summed E-state index contributed by atoms with van der Waals surface area (Å²) >= 11 is 0. The molecule has 0 radical (unpaired) electrons. The molecule has 0 fully saturated rings. The summed E-state index contributed by atoms with van der Waals surface area (Å²) in [5.41, 5.74) is 0. The molecule has 0 aromatic carbocycles. The van der Waals surface area contributed by atoms with Crippen LogP contribution in [0.1, 0.15) is 26.2 Å². The maximum absolute atomic E-state index is 11.4. The standard InChI is InChI=1S/C12H20O4/c1-3-5-6-8-16-12(14)11(9-13)10-15-7-4-2/h4,9,11H,2-3,5-8,10H2,1H3. The van der Waals surface area contributed by atoms with E-state index in [9.17, 15) is 9.59 Å². The monoisotopic (exact) mass is 228 g/mol. The van der Waals surface area contributed by atoms with E-state index in [-0.39, 0.29) is 6.61 Å². The van der Waals surface area contributed by atoms with Crippen LogP contribution in [0.25, 0.3) is 0 Å². The predicted molar refractivity (Wildman–Crippen MR) is 61.1 cm³/mol. The number of esters is 1. The molecule has 0 amide bonds. The normalized spacial score (nSPS) is 11.8. The Morgan fingerprint density at radius 2 is 2.19 bits per heavy atom. The minimum absolute atomic E-state index is 0.0577. The summed E-state index contributed by atoms with van der Waals surface area (Å²) in [5, 5.41) is 0. The number of ether oxygens (including phenoxy) is 2. The fourth-order valence-electron chi connectivity index (χ4n) is 1.07. The molecule has 92 valence electrons. The number of hydrogen-bond acceptors (Lipinski definition) is 4. The van der Waals surface area contributed by atoms with Gasteiger partial charge in [-0.05, 0) is 6.42 Å². The molecule has 1 atom stereocenters. The molecule has 0 aromatic rings. The highest BCUT2D eigenvalue weighted by Gasteiger charge is 2.18. The summed E-state index contributed by atoms with van der Waals surface area (Å²) in [4.78, 5) is 22.0. The van der Waals surface area contributed by atoms with Crippen molar-refractivity contribution in [2.24, 2.45) is 5.92 Å². The number of unbranched alkanes of at least 4 members (excludes halogenated alkanes) is 2. The van der Waals surface area contributed by atoms with Crippen LogP contribution in [0.3, 0.4) is 0 Å². The molecule has 0 saturated carbocycles. The first kappa shape index (κ1) is 14.8. The summed E-state index contributed by atoms with van der Waals surface area (Å²) in [6.45, 7) is 6.30. The zero-order chi connectivity index (χ0) is 12.2. The Hall–Kier alpha value is -1.16. The van der Waals surface area contributed by atoms with E-state index in [1.807, 2.05) is 0 Å². The van der Waals surface area contributed by atoms with Crippen molar-refractivity contribution in [2.75, 3.05) is 19.8 Å². The van der Waals surface area contributed by atoms with Gasteiger partial charge in [-0.2, -0.15) is 0 Å². The Balaban J connectivity index is 3.73. The van der Waals surface area contributed by atoms with Gasteiger partial charge in [-0.15, -0.1) is 6.58 Å². The second-order valence-corrected chi connectivity index (χ2v) is 3.44. The molecular formula is C12H20O4. The van der Waals surface area contributed by atoms with Gasteiger partial charge in [0.05, 0.1) is 19.8 Å². The van der Waals surface area contributed by atoms with E-state index < -0.39 is 11.9 Å². The number of hydrogen-bond donors (Lipinski definition) is 0. The summed E-state index contributed by atoms with van der Waals surface area (Å²) in [5.74, 6) is -1.32. The lowest BCUT2D eigenvalue weighted by Gasteiger charge is -2.10. The highest BCUT2D eigenvalue weighted by Crippen LogP contribution is 2.01. The minimum Gasteiger partial charge on any atom is -0.465 e. The van der Waals surface area contributed by atoms with E-state index in [0.717, 1.165) is 19.3 Å². The lowest BCUT2D eigenvalue weighted by molar-refractivity contribution is -0.151. The minimum atomic E-state index is -0.818. The van der Waals surface area contributed by atoms with Crippen LogP contribution in [-0.2, 0) is 19.1 Å². The first-order chi connectivity index (χ1) is 7.76. The van der Waals surface area contributed by atoms with Gasteiger partial charge < -0.3 is 14.3 Å². The Morgan fingerprint density at radius 1 is 1.44 bits per heavy atom. The molecule has 0 N–H and O–H groups in total. The van der Waals surface area contributed by atoms with E-state index >= 15 is 0 Å². The van der Waals surface area contributed by atoms with E-state index in [0.29, 0.717) is 19.5 Å². The molecule has 1 unspecified atom stereocenters.